The Morgan fingerprint density at radius 1 is 1.35 bits per heavy atom. The lowest BCUT2D eigenvalue weighted by Crippen LogP contribution is -2.40. The number of hydrogen-bond donors (Lipinski definition) is 1. The molecule has 0 unspecified atom stereocenters. The van der Waals surface area contributed by atoms with Gasteiger partial charge in [0.1, 0.15) is 0 Å². The van der Waals surface area contributed by atoms with E-state index >= 15 is 0 Å². The lowest BCUT2D eigenvalue weighted by atomic mass is 10.00. The monoisotopic (exact) mass is 327 g/mol. The molecule has 23 heavy (non-hydrogen) atoms. The molecule has 1 atom stereocenters. The van der Waals surface area contributed by atoms with Crippen molar-refractivity contribution in [2.75, 3.05) is 19.8 Å². The molecule has 0 saturated carbocycles. The highest BCUT2D eigenvalue weighted by molar-refractivity contribution is 5.79. The Hall–Kier alpha value is -2.02. The van der Waals surface area contributed by atoms with Crippen LogP contribution in [0.1, 0.15) is 24.8 Å². The summed E-state index contributed by atoms with van der Waals surface area (Å²) in [6, 6.07) is 3.74. The SMILES string of the molecule is O=C(O)CCN(Cc1cccc(F)c1F)C(=O)[C@@H]1CCCOC1. The molecular formula is C16H19F2NO4. The highest BCUT2D eigenvalue weighted by Gasteiger charge is 2.27. The van der Waals surface area contributed by atoms with Crippen molar-refractivity contribution in [2.45, 2.75) is 25.8 Å². The van der Waals surface area contributed by atoms with Gasteiger partial charge in [-0.3, -0.25) is 9.59 Å². The van der Waals surface area contributed by atoms with Gasteiger partial charge in [0.2, 0.25) is 5.91 Å². The van der Waals surface area contributed by atoms with Crippen molar-refractivity contribution in [1.29, 1.82) is 0 Å². The molecular weight excluding hydrogens is 308 g/mol. The Balaban J connectivity index is 2.14. The molecule has 1 N–H and O–H groups in total. The zero-order valence-electron chi connectivity index (χ0n) is 12.6. The third kappa shape index (κ3) is 4.72. The number of carboxylic acid groups (broad SMARTS) is 1. The maximum absolute atomic E-state index is 13.8. The number of nitrogens with zero attached hydrogens (tertiary/aromatic N) is 1. The number of ether oxygens (including phenoxy) is 1. The van der Waals surface area contributed by atoms with Crippen LogP contribution in [0, 0.1) is 17.6 Å². The first kappa shape index (κ1) is 17.3. The molecule has 7 heteroatoms. The van der Waals surface area contributed by atoms with Gasteiger partial charge in [0, 0.05) is 25.3 Å². The fraction of sp³-hybridized carbons (Fsp3) is 0.500. The van der Waals surface area contributed by atoms with Gasteiger partial charge in [0.05, 0.1) is 18.9 Å². The van der Waals surface area contributed by atoms with Gasteiger partial charge in [-0.15, -0.1) is 0 Å². The molecule has 1 aliphatic heterocycles. The van der Waals surface area contributed by atoms with E-state index < -0.39 is 17.6 Å². The second-order valence-electron chi connectivity index (χ2n) is 5.53. The van der Waals surface area contributed by atoms with Crippen molar-refractivity contribution >= 4 is 11.9 Å². The molecule has 5 nitrogen and oxygen atoms in total. The number of halogens is 2. The molecule has 1 amide bonds. The van der Waals surface area contributed by atoms with Crippen molar-refractivity contribution in [3.8, 4) is 0 Å². The van der Waals surface area contributed by atoms with Crippen LogP contribution in [0.4, 0.5) is 8.78 Å². The van der Waals surface area contributed by atoms with Crippen LogP contribution in [0.5, 0.6) is 0 Å². The van der Waals surface area contributed by atoms with Crippen molar-refractivity contribution in [2.24, 2.45) is 5.92 Å². The van der Waals surface area contributed by atoms with Crippen molar-refractivity contribution in [3.63, 3.8) is 0 Å². The lowest BCUT2D eigenvalue weighted by Gasteiger charge is -2.29. The topological polar surface area (TPSA) is 66.8 Å². The summed E-state index contributed by atoms with van der Waals surface area (Å²) in [6.45, 7) is 0.651. The summed E-state index contributed by atoms with van der Waals surface area (Å²) in [5.74, 6) is -3.71. The normalized spacial score (nSPS) is 17.7. The summed E-state index contributed by atoms with van der Waals surface area (Å²) in [5, 5.41) is 8.82. The molecule has 1 heterocycles. The predicted octanol–water partition coefficient (Wildman–Crippen LogP) is 2.19. The van der Waals surface area contributed by atoms with E-state index in [1.165, 1.54) is 17.0 Å². The first-order valence-corrected chi connectivity index (χ1v) is 7.50. The second-order valence-corrected chi connectivity index (χ2v) is 5.53. The van der Waals surface area contributed by atoms with Gasteiger partial charge in [0.15, 0.2) is 11.6 Å². The Kier molecular flexibility index (Phi) is 6.04. The number of rotatable bonds is 6. The number of amides is 1. The lowest BCUT2D eigenvalue weighted by molar-refractivity contribution is -0.142. The highest BCUT2D eigenvalue weighted by atomic mass is 19.2. The number of benzene rings is 1. The minimum atomic E-state index is -1.05. The summed E-state index contributed by atoms with van der Waals surface area (Å²) >= 11 is 0. The summed E-state index contributed by atoms with van der Waals surface area (Å²) in [5.41, 5.74) is 0.0282. The summed E-state index contributed by atoms with van der Waals surface area (Å²) in [7, 11) is 0. The van der Waals surface area contributed by atoms with Gasteiger partial charge in [-0.2, -0.15) is 0 Å². The van der Waals surface area contributed by atoms with E-state index in [0.29, 0.717) is 13.0 Å². The Bertz CT molecular complexity index is 573. The molecule has 0 bridgehead atoms. The number of carboxylic acids is 1. The fourth-order valence-corrected chi connectivity index (χ4v) is 2.57. The molecule has 1 fully saturated rings. The van der Waals surface area contributed by atoms with Crippen molar-refractivity contribution < 1.29 is 28.2 Å². The van der Waals surface area contributed by atoms with Crippen molar-refractivity contribution in [1.82, 2.24) is 4.90 Å². The Morgan fingerprint density at radius 2 is 2.13 bits per heavy atom. The first-order valence-electron chi connectivity index (χ1n) is 7.50. The van der Waals surface area contributed by atoms with Crippen molar-refractivity contribution in [3.05, 3.63) is 35.4 Å². The number of aliphatic carboxylic acids is 1. The maximum atomic E-state index is 13.8. The Morgan fingerprint density at radius 3 is 2.78 bits per heavy atom. The number of carbonyl (C=O) groups is 2. The zero-order chi connectivity index (χ0) is 16.8. The van der Waals surface area contributed by atoms with Gasteiger partial charge in [-0.05, 0) is 18.9 Å². The second kappa shape index (κ2) is 8.01. The van der Waals surface area contributed by atoms with Crippen LogP contribution in [-0.2, 0) is 20.9 Å². The largest absolute Gasteiger partial charge is 0.481 e. The van der Waals surface area contributed by atoms with E-state index in [1.54, 1.807) is 0 Å². The van der Waals surface area contributed by atoms with Gasteiger partial charge in [-0.1, -0.05) is 12.1 Å². The van der Waals surface area contributed by atoms with E-state index in [2.05, 4.69) is 0 Å². The smallest absolute Gasteiger partial charge is 0.305 e. The number of hydrogen-bond acceptors (Lipinski definition) is 3. The Labute approximate surface area is 132 Å². The molecule has 1 aliphatic rings. The van der Waals surface area contributed by atoms with E-state index in [9.17, 15) is 18.4 Å². The van der Waals surface area contributed by atoms with Crippen LogP contribution in [0.15, 0.2) is 18.2 Å². The minimum absolute atomic E-state index is 0.0282. The molecule has 126 valence electrons. The van der Waals surface area contributed by atoms with Gasteiger partial charge in [0.25, 0.3) is 0 Å². The van der Waals surface area contributed by atoms with Crippen LogP contribution >= 0.6 is 0 Å². The standard InChI is InChI=1S/C16H19F2NO4/c17-13-5-1-3-11(15(13)18)9-19(7-6-14(20)21)16(22)12-4-2-8-23-10-12/h1,3,5,12H,2,4,6-10H2,(H,20,21)/t12-/m1/s1. The number of carbonyl (C=O) groups excluding carboxylic acids is 1. The van der Waals surface area contributed by atoms with Gasteiger partial charge in [-0.25, -0.2) is 8.78 Å². The van der Waals surface area contributed by atoms with Crippen LogP contribution < -0.4 is 0 Å². The molecule has 1 aromatic rings. The van der Waals surface area contributed by atoms with Gasteiger partial charge < -0.3 is 14.7 Å². The average molecular weight is 327 g/mol. The van der Waals surface area contributed by atoms with Crippen LogP contribution in [-0.4, -0.2) is 41.6 Å². The van der Waals surface area contributed by atoms with Crippen LogP contribution in [0.25, 0.3) is 0 Å². The van der Waals surface area contributed by atoms with Crippen LogP contribution in [0.3, 0.4) is 0 Å². The predicted molar refractivity (Wildman–Crippen MR) is 77.6 cm³/mol. The average Bonchev–Trinajstić information content (AvgIpc) is 2.55. The maximum Gasteiger partial charge on any atom is 0.305 e. The molecule has 0 aliphatic carbocycles. The molecule has 1 saturated heterocycles. The fourth-order valence-electron chi connectivity index (χ4n) is 2.57. The van der Waals surface area contributed by atoms with E-state index in [-0.39, 0.29) is 43.5 Å². The molecule has 2 rings (SSSR count). The molecule has 0 radical (unpaired) electrons. The first-order chi connectivity index (χ1) is 11.0. The third-order valence-corrected chi connectivity index (χ3v) is 3.81. The summed E-state index contributed by atoms with van der Waals surface area (Å²) in [6.07, 6.45) is 1.14. The molecule has 0 aromatic heterocycles. The quantitative estimate of drug-likeness (QED) is 0.870. The summed E-state index contributed by atoms with van der Waals surface area (Å²) in [4.78, 5) is 24.6. The highest BCUT2D eigenvalue weighted by Crippen LogP contribution is 2.20. The molecule has 0 spiro atoms. The van der Waals surface area contributed by atoms with Gasteiger partial charge >= 0.3 is 5.97 Å². The van der Waals surface area contributed by atoms with E-state index in [4.69, 9.17) is 9.84 Å². The summed E-state index contributed by atoms with van der Waals surface area (Å²) < 4.78 is 32.4. The van der Waals surface area contributed by atoms with E-state index in [1.807, 2.05) is 0 Å². The van der Waals surface area contributed by atoms with E-state index in [0.717, 1.165) is 12.5 Å². The minimum Gasteiger partial charge on any atom is -0.481 e. The third-order valence-electron chi connectivity index (χ3n) is 3.81. The zero-order valence-corrected chi connectivity index (χ0v) is 12.6. The van der Waals surface area contributed by atoms with Crippen LogP contribution in [0.2, 0.25) is 0 Å². The molecule has 1 aromatic carbocycles.